The van der Waals surface area contributed by atoms with Crippen LogP contribution in [0.4, 0.5) is 0 Å². The summed E-state index contributed by atoms with van der Waals surface area (Å²) in [6.07, 6.45) is 0.722. The third-order valence-electron chi connectivity index (χ3n) is 0.296. The lowest BCUT2D eigenvalue weighted by atomic mass is 10.7. The van der Waals surface area contributed by atoms with Crippen LogP contribution in [0.3, 0.4) is 0 Å². The van der Waals surface area contributed by atoms with Crippen LogP contribution >= 0.6 is 0 Å². The van der Waals surface area contributed by atoms with Crippen LogP contribution < -0.4 is 10.2 Å². The van der Waals surface area contributed by atoms with E-state index in [2.05, 4.69) is 6.58 Å². The summed E-state index contributed by atoms with van der Waals surface area (Å²) >= 11 is 0. The molecule has 0 bridgehead atoms. The summed E-state index contributed by atoms with van der Waals surface area (Å²) in [5, 5.41) is 25.6. The van der Waals surface area contributed by atoms with Crippen LogP contribution in [0.2, 0.25) is 0 Å². The van der Waals surface area contributed by atoms with Gasteiger partial charge in [-0.15, -0.1) is 0 Å². The first-order chi connectivity index (χ1) is 4.54. The quantitative estimate of drug-likeness (QED) is 0.410. The minimum atomic E-state index is -1.44. The van der Waals surface area contributed by atoms with E-state index in [4.69, 9.17) is 24.9 Å². The van der Waals surface area contributed by atoms with Gasteiger partial charge in [0.05, 0.1) is 18.5 Å². The van der Waals surface area contributed by atoms with E-state index in [0.717, 1.165) is 6.08 Å². The van der Waals surface area contributed by atoms with Gasteiger partial charge in [0.15, 0.2) is 0 Å². The van der Waals surface area contributed by atoms with Crippen molar-refractivity contribution in [1.82, 2.24) is 0 Å². The molecule has 0 saturated carbocycles. The normalized spacial score (nSPS) is 6.90. The molecule has 0 aliphatic carbocycles. The number of hydrogen-bond donors (Lipinski definition) is 1. The molecular formula is C5H6O5-2. The Kier molecular flexibility index (Phi) is 8.74. The number of aliphatic hydroxyl groups is 1. The topological polar surface area (TPSA) is 100 Å². The van der Waals surface area contributed by atoms with Gasteiger partial charge >= 0.3 is 0 Å². The van der Waals surface area contributed by atoms with Gasteiger partial charge in [0.2, 0.25) is 0 Å². The maximum atomic E-state index is 9.14. The van der Waals surface area contributed by atoms with Gasteiger partial charge in [-0.2, -0.15) is 0 Å². The van der Waals surface area contributed by atoms with Gasteiger partial charge in [-0.3, -0.25) is 0 Å². The summed E-state index contributed by atoms with van der Waals surface area (Å²) in [6, 6.07) is 0. The predicted molar refractivity (Wildman–Crippen MR) is 27.3 cm³/mol. The highest BCUT2D eigenvalue weighted by molar-refractivity contribution is 5.76. The summed E-state index contributed by atoms with van der Waals surface area (Å²) in [5.41, 5.74) is 0. The minimum absolute atomic E-state index is 0.722. The second-order valence-electron chi connectivity index (χ2n) is 1.05. The number of carbonyl (C=O) groups is 2. The molecule has 0 fully saturated rings. The van der Waals surface area contributed by atoms with Crippen molar-refractivity contribution in [2.75, 3.05) is 6.61 Å². The maximum absolute atomic E-state index is 9.14. The fourth-order valence-corrected chi connectivity index (χ4v) is 0. The SMILES string of the molecule is C=CC(=O)[O-].O=C([O-])CO. The molecule has 0 rings (SSSR count). The van der Waals surface area contributed by atoms with Gasteiger partial charge in [0.25, 0.3) is 0 Å². The Morgan fingerprint density at radius 1 is 1.50 bits per heavy atom. The average molecular weight is 146 g/mol. The first-order valence-corrected chi connectivity index (χ1v) is 2.18. The summed E-state index contributed by atoms with van der Waals surface area (Å²) in [5.74, 6) is -2.67. The number of aliphatic hydroxyl groups excluding tert-OH is 1. The molecule has 0 atom stereocenters. The highest BCUT2D eigenvalue weighted by Crippen LogP contribution is 1.47. The molecular weight excluding hydrogens is 140 g/mol. The van der Waals surface area contributed by atoms with Crippen molar-refractivity contribution in [3.8, 4) is 0 Å². The highest BCUT2D eigenvalue weighted by atomic mass is 16.4. The zero-order chi connectivity index (χ0) is 8.57. The van der Waals surface area contributed by atoms with Crippen LogP contribution in [-0.2, 0) is 9.59 Å². The van der Waals surface area contributed by atoms with E-state index in [1.165, 1.54) is 0 Å². The van der Waals surface area contributed by atoms with Crippen LogP contribution in [0.15, 0.2) is 12.7 Å². The van der Waals surface area contributed by atoms with Crippen LogP contribution in [0.5, 0.6) is 0 Å². The minimum Gasteiger partial charge on any atom is -0.548 e. The lowest BCUT2D eigenvalue weighted by Crippen LogP contribution is -2.25. The maximum Gasteiger partial charge on any atom is 0.0826 e. The van der Waals surface area contributed by atoms with Gasteiger partial charge < -0.3 is 24.9 Å². The molecule has 0 aliphatic rings. The first-order valence-electron chi connectivity index (χ1n) is 2.18. The molecule has 0 spiro atoms. The van der Waals surface area contributed by atoms with E-state index in [9.17, 15) is 0 Å². The number of aliphatic carboxylic acids is 2. The van der Waals surface area contributed by atoms with E-state index < -0.39 is 18.5 Å². The number of rotatable bonds is 2. The van der Waals surface area contributed by atoms with Crippen molar-refractivity contribution >= 4 is 11.9 Å². The molecule has 58 valence electrons. The molecule has 10 heavy (non-hydrogen) atoms. The zero-order valence-electron chi connectivity index (χ0n) is 5.07. The largest absolute Gasteiger partial charge is 0.548 e. The number of carboxylic acid groups (broad SMARTS) is 2. The van der Waals surface area contributed by atoms with E-state index in [1.807, 2.05) is 0 Å². The molecule has 0 aromatic carbocycles. The lowest BCUT2D eigenvalue weighted by Gasteiger charge is -1.86. The van der Waals surface area contributed by atoms with Crippen molar-refractivity contribution in [3.63, 3.8) is 0 Å². The zero-order valence-corrected chi connectivity index (χ0v) is 5.07. The molecule has 5 nitrogen and oxygen atoms in total. The molecule has 0 aromatic rings. The van der Waals surface area contributed by atoms with Crippen LogP contribution in [0, 0.1) is 0 Å². The van der Waals surface area contributed by atoms with Gasteiger partial charge in [0, 0.05) is 0 Å². The summed E-state index contributed by atoms with van der Waals surface area (Å²) < 4.78 is 0. The van der Waals surface area contributed by atoms with Crippen molar-refractivity contribution in [2.45, 2.75) is 0 Å². The fraction of sp³-hybridized carbons (Fsp3) is 0.200. The van der Waals surface area contributed by atoms with E-state index >= 15 is 0 Å². The lowest BCUT2D eigenvalue weighted by molar-refractivity contribution is -0.308. The molecule has 0 aliphatic heterocycles. The Morgan fingerprint density at radius 3 is 1.70 bits per heavy atom. The molecule has 0 amide bonds. The summed E-state index contributed by atoms with van der Waals surface area (Å²) in [7, 11) is 0. The van der Waals surface area contributed by atoms with E-state index in [1.54, 1.807) is 0 Å². The van der Waals surface area contributed by atoms with E-state index in [0.29, 0.717) is 0 Å². The number of hydrogen-bond acceptors (Lipinski definition) is 5. The molecule has 0 saturated heterocycles. The molecule has 0 aromatic heterocycles. The van der Waals surface area contributed by atoms with Crippen molar-refractivity contribution in [2.24, 2.45) is 0 Å². The first kappa shape index (κ1) is 11.4. The van der Waals surface area contributed by atoms with Crippen molar-refractivity contribution in [1.29, 1.82) is 0 Å². The van der Waals surface area contributed by atoms with Crippen molar-refractivity contribution < 1.29 is 24.9 Å². The van der Waals surface area contributed by atoms with Crippen LogP contribution in [-0.4, -0.2) is 23.7 Å². The number of carboxylic acids is 2. The molecule has 5 heteroatoms. The van der Waals surface area contributed by atoms with Gasteiger partial charge in [-0.1, -0.05) is 6.58 Å². The third-order valence-corrected chi connectivity index (χ3v) is 0.296. The molecule has 0 heterocycles. The van der Waals surface area contributed by atoms with Gasteiger partial charge in [0.1, 0.15) is 0 Å². The third kappa shape index (κ3) is 30.3. The predicted octanol–water partition coefficient (Wildman–Crippen LogP) is -3.35. The molecule has 0 radical (unpaired) electrons. The van der Waals surface area contributed by atoms with Crippen LogP contribution in [0.1, 0.15) is 0 Å². The van der Waals surface area contributed by atoms with E-state index in [-0.39, 0.29) is 0 Å². The van der Waals surface area contributed by atoms with Crippen LogP contribution in [0.25, 0.3) is 0 Å². The molecule has 0 unspecified atom stereocenters. The summed E-state index contributed by atoms with van der Waals surface area (Å²) in [6.45, 7) is 2.01. The second kappa shape index (κ2) is 7.64. The summed E-state index contributed by atoms with van der Waals surface area (Å²) in [4.78, 5) is 18.1. The smallest absolute Gasteiger partial charge is 0.0826 e. The molecule has 1 N–H and O–H groups in total. The highest BCUT2D eigenvalue weighted by Gasteiger charge is 1.66. The standard InChI is InChI=1S/C3H4O2.C2H4O3/c1-2-3(4)5;3-1-2(4)5/h2H,1H2,(H,4,5);3H,1H2,(H,4,5)/p-2. The van der Waals surface area contributed by atoms with Gasteiger partial charge in [-0.25, -0.2) is 0 Å². The number of carbonyl (C=O) groups excluding carboxylic acids is 2. The Balaban J connectivity index is 0. The van der Waals surface area contributed by atoms with Crippen molar-refractivity contribution in [3.05, 3.63) is 12.7 Å². The average Bonchev–Trinajstić information content (AvgIpc) is 1.89. The Hall–Kier alpha value is -1.36. The Morgan fingerprint density at radius 2 is 1.70 bits per heavy atom. The van der Waals surface area contributed by atoms with Gasteiger partial charge in [-0.05, 0) is 6.08 Å². The fourth-order valence-electron chi connectivity index (χ4n) is 0. The Bertz CT molecular complexity index is 128. The Labute approximate surface area is 57.2 Å². The second-order valence-corrected chi connectivity index (χ2v) is 1.05. The monoisotopic (exact) mass is 146 g/mol.